The summed E-state index contributed by atoms with van der Waals surface area (Å²) in [6.45, 7) is 9.67. The van der Waals surface area contributed by atoms with Crippen molar-refractivity contribution in [3.05, 3.63) is 24.0 Å². The summed E-state index contributed by atoms with van der Waals surface area (Å²) in [5.74, 6) is 1.08. The molecule has 0 aliphatic heterocycles. The maximum absolute atomic E-state index is 7.49. The van der Waals surface area contributed by atoms with E-state index in [4.69, 9.17) is 26.5 Å². The van der Waals surface area contributed by atoms with Crippen LogP contribution in [0.4, 0.5) is 0 Å². The lowest BCUT2D eigenvalue weighted by molar-refractivity contribution is 0.213. The number of alkyl halides is 1. The van der Waals surface area contributed by atoms with Gasteiger partial charge in [0.25, 0.3) is 0 Å². The van der Waals surface area contributed by atoms with Crippen molar-refractivity contribution < 1.29 is 9.47 Å². The fourth-order valence-corrected chi connectivity index (χ4v) is 1.74. The Morgan fingerprint density at radius 1 is 1.30 bits per heavy atom. The van der Waals surface area contributed by atoms with Gasteiger partial charge >= 0.3 is 0 Å². The molecule has 0 atom stereocenters. The van der Waals surface area contributed by atoms with Gasteiger partial charge in [-0.25, -0.2) is 0 Å². The summed E-state index contributed by atoms with van der Waals surface area (Å²) in [6.07, 6.45) is 5.62. The highest BCUT2D eigenvalue weighted by Gasteiger charge is 2.03. The molecule has 20 heavy (non-hydrogen) atoms. The number of allylic oxidation sites excluding steroid dienone is 1. The van der Waals surface area contributed by atoms with E-state index in [9.17, 15) is 0 Å². The first kappa shape index (κ1) is 19.0. The quantitative estimate of drug-likeness (QED) is 0.110. The van der Waals surface area contributed by atoms with E-state index in [-0.39, 0.29) is 0 Å². The second kappa shape index (κ2) is 13.0. The Hall–Kier alpha value is -1.00. The standard InChI is InChI=1S/C15H27ClN2O2/c1-4-14(11-18-12-16)13(3)20-10-8-6-7-9-15(17)19-5-2/h4,17-18H,3,5-12H2,1-2H3. The van der Waals surface area contributed by atoms with Crippen LogP contribution in [0.3, 0.4) is 0 Å². The van der Waals surface area contributed by atoms with Gasteiger partial charge in [0.2, 0.25) is 0 Å². The van der Waals surface area contributed by atoms with Crippen LogP contribution in [0, 0.1) is 5.41 Å². The van der Waals surface area contributed by atoms with Crippen LogP contribution >= 0.6 is 11.6 Å². The molecule has 0 heterocycles. The lowest BCUT2D eigenvalue weighted by Gasteiger charge is -2.12. The third-order valence-corrected chi connectivity index (χ3v) is 2.95. The molecule has 0 spiro atoms. The molecule has 0 bridgehead atoms. The van der Waals surface area contributed by atoms with E-state index in [1.54, 1.807) is 0 Å². The van der Waals surface area contributed by atoms with Crippen molar-refractivity contribution in [3.8, 4) is 0 Å². The number of ether oxygens (including phenoxy) is 2. The summed E-state index contributed by atoms with van der Waals surface area (Å²) < 4.78 is 10.7. The molecule has 2 N–H and O–H groups in total. The average Bonchev–Trinajstić information content (AvgIpc) is 2.43. The number of rotatable bonds is 12. The molecular weight excluding hydrogens is 276 g/mol. The van der Waals surface area contributed by atoms with Crippen LogP contribution in [0.2, 0.25) is 0 Å². The first-order chi connectivity index (χ1) is 9.65. The van der Waals surface area contributed by atoms with Crippen LogP contribution in [0.25, 0.3) is 0 Å². The first-order valence-corrected chi connectivity index (χ1v) is 7.63. The summed E-state index contributed by atoms with van der Waals surface area (Å²) >= 11 is 5.58. The van der Waals surface area contributed by atoms with Gasteiger partial charge in [-0.05, 0) is 33.1 Å². The van der Waals surface area contributed by atoms with Gasteiger partial charge in [-0.3, -0.25) is 10.7 Å². The molecule has 0 aromatic rings. The third-order valence-electron chi connectivity index (χ3n) is 2.76. The number of unbranched alkanes of at least 4 members (excludes halogenated alkanes) is 2. The monoisotopic (exact) mass is 302 g/mol. The highest BCUT2D eigenvalue weighted by molar-refractivity contribution is 6.17. The number of hydrogen-bond donors (Lipinski definition) is 2. The smallest absolute Gasteiger partial charge is 0.180 e. The highest BCUT2D eigenvalue weighted by Crippen LogP contribution is 2.10. The Morgan fingerprint density at radius 3 is 2.65 bits per heavy atom. The molecule has 0 aromatic carbocycles. The minimum Gasteiger partial charge on any atom is -0.494 e. The van der Waals surface area contributed by atoms with Crippen molar-refractivity contribution in [2.24, 2.45) is 0 Å². The molecule has 0 saturated carbocycles. The molecule has 4 nitrogen and oxygen atoms in total. The zero-order valence-electron chi connectivity index (χ0n) is 12.6. The maximum atomic E-state index is 7.49. The van der Waals surface area contributed by atoms with Crippen molar-refractivity contribution >= 4 is 17.5 Å². The minimum absolute atomic E-state index is 0.376. The predicted octanol–water partition coefficient (Wildman–Crippen LogP) is 3.82. The van der Waals surface area contributed by atoms with Gasteiger partial charge in [0.15, 0.2) is 5.90 Å². The number of halogens is 1. The van der Waals surface area contributed by atoms with Crippen molar-refractivity contribution in [3.63, 3.8) is 0 Å². The third kappa shape index (κ3) is 9.87. The lowest BCUT2D eigenvalue weighted by atomic mass is 10.2. The van der Waals surface area contributed by atoms with Crippen LogP contribution in [0.15, 0.2) is 24.0 Å². The first-order valence-electron chi connectivity index (χ1n) is 7.09. The van der Waals surface area contributed by atoms with E-state index < -0.39 is 0 Å². The highest BCUT2D eigenvalue weighted by atomic mass is 35.5. The van der Waals surface area contributed by atoms with Crippen molar-refractivity contribution in [1.82, 2.24) is 5.32 Å². The van der Waals surface area contributed by atoms with Gasteiger partial charge in [-0.15, -0.1) is 11.6 Å². The predicted molar refractivity (Wildman–Crippen MR) is 85.4 cm³/mol. The van der Waals surface area contributed by atoms with Crippen LogP contribution in [0.1, 0.15) is 39.5 Å². The Bertz CT molecular complexity index is 317. The molecule has 0 radical (unpaired) electrons. The average molecular weight is 303 g/mol. The molecule has 0 unspecified atom stereocenters. The SMILES string of the molecule is C=C(OCCCCCC(=N)OCC)C(=CC)CNCCl. The van der Waals surface area contributed by atoms with Gasteiger partial charge in [0.1, 0.15) is 5.76 Å². The molecule has 116 valence electrons. The Balaban J connectivity index is 3.63. The van der Waals surface area contributed by atoms with E-state index in [1.807, 2.05) is 19.9 Å². The fraction of sp³-hybridized carbons (Fsp3) is 0.667. The van der Waals surface area contributed by atoms with E-state index >= 15 is 0 Å². The molecule has 0 rings (SSSR count). The number of hydrogen-bond acceptors (Lipinski definition) is 4. The molecular formula is C15H27ClN2O2. The van der Waals surface area contributed by atoms with E-state index in [0.29, 0.717) is 43.8 Å². The molecule has 0 amide bonds. The molecule has 0 saturated heterocycles. The fourth-order valence-electron chi connectivity index (χ4n) is 1.64. The largest absolute Gasteiger partial charge is 0.494 e. The van der Waals surface area contributed by atoms with Crippen molar-refractivity contribution in [1.29, 1.82) is 5.41 Å². The maximum Gasteiger partial charge on any atom is 0.180 e. The second-order valence-electron chi connectivity index (χ2n) is 4.31. The topological polar surface area (TPSA) is 54.3 Å². The van der Waals surface area contributed by atoms with Gasteiger partial charge in [0.05, 0.1) is 19.2 Å². The van der Waals surface area contributed by atoms with E-state index in [0.717, 1.165) is 24.8 Å². The van der Waals surface area contributed by atoms with Crippen molar-refractivity contribution in [2.75, 3.05) is 25.8 Å². The summed E-state index contributed by atoms with van der Waals surface area (Å²) in [5.41, 5.74) is 1.03. The van der Waals surface area contributed by atoms with Crippen molar-refractivity contribution in [2.45, 2.75) is 39.5 Å². The second-order valence-corrected chi connectivity index (χ2v) is 4.58. The Labute approximate surface area is 127 Å². The number of nitrogens with one attached hydrogen (secondary N) is 2. The zero-order chi connectivity index (χ0) is 15.2. The van der Waals surface area contributed by atoms with Gasteiger partial charge < -0.3 is 9.47 Å². The molecule has 0 fully saturated rings. The van der Waals surface area contributed by atoms with E-state index in [2.05, 4.69) is 11.9 Å². The Morgan fingerprint density at radius 2 is 2.05 bits per heavy atom. The summed E-state index contributed by atoms with van der Waals surface area (Å²) in [6, 6.07) is 0.413. The normalized spacial score (nSPS) is 11.2. The summed E-state index contributed by atoms with van der Waals surface area (Å²) in [7, 11) is 0. The van der Waals surface area contributed by atoms with E-state index in [1.165, 1.54) is 0 Å². The molecule has 0 aliphatic carbocycles. The van der Waals surface area contributed by atoms with Gasteiger partial charge in [-0.2, -0.15) is 0 Å². The van der Waals surface area contributed by atoms with Crippen LogP contribution < -0.4 is 5.32 Å². The van der Waals surface area contributed by atoms with Crippen LogP contribution in [0.5, 0.6) is 0 Å². The lowest BCUT2D eigenvalue weighted by Crippen LogP contribution is -2.16. The summed E-state index contributed by atoms with van der Waals surface area (Å²) in [5, 5.41) is 10.5. The minimum atomic E-state index is 0.376. The summed E-state index contributed by atoms with van der Waals surface area (Å²) in [4.78, 5) is 0. The molecule has 0 aliphatic rings. The van der Waals surface area contributed by atoms with Crippen LogP contribution in [-0.2, 0) is 9.47 Å². The van der Waals surface area contributed by atoms with Crippen LogP contribution in [-0.4, -0.2) is 31.7 Å². The molecule has 5 heteroatoms. The van der Waals surface area contributed by atoms with Gasteiger partial charge in [0, 0.05) is 18.5 Å². The van der Waals surface area contributed by atoms with Gasteiger partial charge in [-0.1, -0.05) is 12.7 Å². The molecule has 0 aromatic heterocycles. The zero-order valence-corrected chi connectivity index (χ0v) is 13.4. The Kier molecular flexibility index (Phi) is 12.4.